The van der Waals surface area contributed by atoms with E-state index in [-0.39, 0.29) is 36.0 Å². The quantitative estimate of drug-likeness (QED) is 0.817. The molecular weight excluding hydrogens is 355 g/mol. The van der Waals surface area contributed by atoms with Crippen LogP contribution in [0.15, 0.2) is 48.5 Å². The molecule has 28 heavy (non-hydrogen) atoms. The number of carbonyl (C=O) groups excluding carboxylic acids is 2. The van der Waals surface area contributed by atoms with Gasteiger partial charge in [0, 0.05) is 30.7 Å². The molecule has 0 bridgehead atoms. The number of benzene rings is 2. The first kappa shape index (κ1) is 18.7. The number of amides is 2. The molecule has 4 nitrogen and oxygen atoms in total. The normalized spacial score (nSPS) is 19.6. The van der Waals surface area contributed by atoms with Crippen molar-refractivity contribution in [2.45, 2.75) is 38.6 Å². The molecule has 4 rings (SSSR count). The van der Waals surface area contributed by atoms with Crippen LogP contribution in [0, 0.1) is 11.7 Å². The van der Waals surface area contributed by atoms with Crippen LogP contribution in [0.2, 0.25) is 0 Å². The fraction of sp³-hybridized carbons (Fsp3) is 0.391. The zero-order valence-corrected chi connectivity index (χ0v) is 16.1. The zero-order chi connectivity index (χ0) is 19.7. The van der Waals surface area contributed by atoms with Crippen molar-refractivity contribution in [2.75, 3.05) is 18.0 Å². The maximum atomic E-state index is 13.2. The molecule has 1 saturated heterocycles. The van der Waals surface area contributed by atoms with Gasteiger partial charge < -0.3 is 9.80 Å². The molecule has 0 saturated carbocycles. The van der Waals surface area contributed by atoms with Crippen molar-refractivity contribution in [3.63, 3.8) is 0 Å². The molecule has 0 radical (unpaired) electrons. The van der Waals surface area contributed by atoms with E-state index in [0.717, 1.165) is 17.7 Å². The van der Waals surface area contributed by atoms with E-state index in [1.807, 2.05) is 28.0 Å². The van der Waals surface area contributed by atoms with Gasteiger partial charge in [-0.2, -0.15) is 0 Å². The molecule has 5 heteroatoms. The van der Waals surface area contributed by atoms with Crippen LogP contribution in [0.4, 0.5) is 10.1 Å². The lowest BCUT2D eigenvalue weighted by Gasteiger charge is -2.34. The summed E-state index contributed by atoms with van der Waals surface area (Å²) < 4.78 is 13.0. The molecule has 2 heterocycles. The minimum atomic E-state index is -0.298. The summed E-state index contributed by atoms with van der Waals surface area (Å²) in [7, 11) is 0. The first-order valence-corrected chi connectivity index (χ1v) is 9.96. The van der Waals surface area contributed by atoms with Crippen molar-refractivity contribution in [1.29, 1.82) is 0 Å². The Hall–Kier alpha value is -2.69. The summed E-state index contributed by atoms with van der Waals surface area (Å²) in [5, 5.41) is 0. The second-order valence-electron chi connectivity index (χ2n) is 7.85. The van der Waals surface area contributed by atoms with Crippen LogP contribution < -0.4 is 4.90 Å². The fourth-order valence-corrected chi connectivity index (χ4v) is 4.36. The molecule has 1 atom stereocenters. The molecule has 2 aromatic carbocycles. The lowest BCUT2D eigenvalue weighted by molar-refractivity contribution is -0.134. The molecule has 0 aromatic heterocycles. The summed E-state index contributed by atoms with van der Waals surface area (Å²) >= 11 is 0. The van der Waals surface area contributed by atoms with E-state index < -0.39 is 0 Å². The summed E-state index contributed by atoms with van der Waals surface area (Å²) in [5.74, 6) is -0.114. The van der Waals surface area contributed by atoms with E-state index in [9.17, 15) is 14.0 Å². The van der Waals surface area contributed by atoms with Crippen molar-refractivity contribution in [1.82, 2.24) is 4.90 Å². The Morgan fingerprint density at radius 2 is 1.71 bits per heavy atom. The molecule has 146 valence electrons. The largest absolute Gasteiger partial charge is 0.342 e. The molecule has 1 unspecified atom stereocenters. The van der Waals surface area contributed by atoms with E-state index in [2.05, 4.69) is 13.0 Å². The zero-order valence-electron chi connectivity index (χ0n) is 16.1. The van der Waals surface area contributed by atoms with Gasteiger partial charge in [-0.3, -0.25) is 9.59 Å². The molecule has 2 aliphatic rings. The molecule has 0 spiro atoms. The standard InChI is InChI=1S/C23H25FN2O2/c1-16-14-19-4-2-3-5-21(19)26(16)23(28)18-10-12-25(13-11-18)22(27)15-17-6-8-20(24)9-7-17/h2-9,16,18H,10-15H2,1H3. The second-order valence-corrected chi connectivity index (χ2v) is 7.85. The Morgan fingerprint density at radius 1 is 1.04 bits per heavy atom. The molecular formula is C23H25FN2O2. The monoisotopic (exact) mass is 380 g/mol. The third-order valence-corrected chi connectivity index (χ3v) is 5.91. The molecule has 1 fully saturated rings. The molecule has 0 N–H and O–H groups in total. The van der Waals surface area contributed by atoms with Crippen LogP contribution in [0.25, 0.3) is 0 Å². The van der Waals surface area contributed by atoms with Gasteiger partial charge in [-0.05, 0) is 55.5 Å². The average Bonchev–Trinajstić information content (AvgIpc) is 3.05. The van der Waals surface area contributed by atoms with E-state index in [1.54, 1.807) is 12.1 Å². The number of likely N-dealkylation sites (tertiary alicyclic amines) is 1. The number of fused-ring (bicyclic) bond motifs is 1. The second kappa shape index (κ2) is 7.74. The number of hydrogen-bond donors (Lipinski definition) is 0. The van der Waals surface area contributed by atoms with Gasteiger partial charge in [-0.25, -0.2) is 4.39 Å². The first-order chi connectivity index (χ1) is 13.5. The van der Waals surface area contributed by atoms with Gasteiger partial charge in [-0.15, -0.1) is 0 Å². The van der Waals surface area contributed by atoms with E-state index in [1.165, 1.54) is 17.7 Å². The van der Waals surface area contributed by atoms with E-state index >= 15 is 0 Å². The van der Waals surface area contributed by atoms with Crippen LogP contribution in [-0.2, 0) is 22.4 Å². The van der Waals surface area contributed by atoms with Crippen LogP contribution in [0.1, 0.15) is 30.9 Å². The van der Waals surface area contributed by atoms with Gasteiger partial charge in [0.15, 0.2) is 0 Å². The van der Waals surface area contributed by atoms with Crippen molar-refractivity contribution in [3.8, 4) is 0 Å². The predicted octanol–water partition coefficient (Wildman–Crippen LogP) is 3.58. The number of rotatable bonds is 3. The molecule has 0 aliphatic carbocycles. The average molecular weight is 380 g/mol. The molecule has 2 amide bonds. The number of halogens is 1. The predicted molar refractivity (Wildman–Crippen MR) is 107 cm³/mol. The molecule has 2 aromatic rings. The Kier molecular flexibility index (Phi) is 5.16. The lowest BCUT2D eigenvalue weighted by Crippen LogP contribution is -2.46. The summed E-state index contributed by atoms with van der Waals surface area (Å²) in [6.07, 6.45) is 2.56. The maximum Gasteiger partial charge on any atom is 0.230 e. The summed E-state index contributed by atoms with van der Waals surface area (Å²) in [4.78, 5) is 29.5. The smallest absolute Gasteiger partial charge is 0.230 e. The number of carbonyl (C=O) groups is 2. The number of piperidine rings is 1. The lowest BCUT2D eigenvalue weighted by atomic mass is 9.94. The van der Waals surface area contributed by atoms with Crippen LogP contribution in [0.5, 0.6) is 0 Å². The Balaban J connectivity index is 1.35. The Morgan fingerprint density at radius 3 is 2.43 bits per heavy atom. The van der Waals surface area contributed by atoms with Gasteiger partial charge in [0.05, 0.1) is 6.42 Å². The van der Waals surface area contributed by atoms with E-state index in [4.69, 9.17) is 0 Å². The highest BCUT2D eigenvalue weighted by Crippen LogP contribution is 2.34. The van der Waals surface area contributed by atoms with Crippen LogP contribution in [-0.4, -0.2) is 35.8 Å². The van der Waals surface area contributed by atoms with Gasteiger partial charge in [0.1, 0.15) is 5.82 Å². The fourth-order valence-electron chi connectivity index (χ4n) is 4.36. The Bertz CT molecular complexity index is 872. The molecule has 2 aliphatic heterocycles. The highest BCUT2D eigenvalue weighted by molar-refractivity contribution is 5.97. The number of anilines is 1. The highest BCUT2D eigenvalue weighted by Gasteiger charge is 2.36. The van der Waals surface area contributed by atoms with Crippen molar-refractivity contribution in [2.24, 2.45) is 5.92 Å². The van der Waals surface area contributed by atoms with Crippen molar-refractivity contribution in [3.05, 3.63) is 65.5 Å². The van der Waals surface area contributed by atoms with E-state index in [0.29, 0.717) is 25.9 Å². The van der Waals surface area contributed by atoms with Crippen molar-refractivity contribution >= 4 is 17.5 Å². The van der Waals surface area contributed by atoms with Crippen molar-refractivity contribution < 1.29 is 14.0 Å². The van der Waals surface area contributed by atoms with Crippen LogP contribution >= 0.6 is 0 Å². The number of para-hydroxylation sites is 1. The highest BCUT2D eigenvalue weighted by atomic mass is 19.1. The van der Waals surface area contributed by atoms with Gasteiger partial charge in [0.2, 0.25) is 11.8 Å². The summed E-state index contributed by atoms with van der Waals surface area (Å²) in [5.41, 5.74) is 3.08. The Labute approximate surface area is 164 Å². The third kappa shape index (κ3) is 3.66. The maximum absolute atomic E-state index is 13.2. The number of hydrogen-bond acceptors (Lipinski definition) is 2. The topological polar surface area (TPSA) is 40.6 Å². The minimum absolute atomic E-state index is 0.0384. The third-order valence-electron chi connectivity index (χ3n) is 5.91. The summed E-state index contributed by atoms with van der Waals surface area (Å²) in [6.45, 7) is 3.29. The SMILES string of the molecule is CC1Cc2ccccc2N1C(=O)C1CCN(C(=O)Cc2ccc(F)cc2)CC1. The van der Waals surface area contributed by atoms with Gasteiger partial charge in [-0.1, -0.05) is 30.3 Å². The van der Waals surface area contributed by atoms with Gasteiger partial charge >= 0.3 is 0 Å². The number of nitrogens with zero attached hydrogens (tertiary/aromatic N) is 2. The first-order valence-electron chi connectivity index (χ1n) is 9.96. The summed E-state index contributed by atoms with van der Waals surface area (Å²) in [6, 6.07) is 14.4. The van der Waals surface area contributed by atoms with Crippen LogP contribution in [0.3, 0.4) is 0 Å². The minimum Gasteiger partial charge on any atom is -0.342 e. The van der Waals surface area contributed by atoms with Gasteiger partial charge in [0.25, 0.3) is 0 Å².